The molecule has 1 aliphatic heterocycles. The Balaban J connectivity index is 1.58. The SMILES string of the molecule is Cc1sc2c(NCC(C)S(C)(=O)=O)nc(N[C@@H]3COC[C@@H]3Oc3ccccc3)nc2c1Br. The summed E-state index contributed by atoms with van der Waals surface area (Å²) < 4.78 is 37.2. The first-order valence-corrected chi connectivity index (χ1v) is 13.7. The third kappa shape index (κ3) is 5.16. The van der Waals surface area contributed by atoms with E-state index < -0.39 is 15.1 Å². The summed E-state index contributed by atoms with van der Waals surface area (Å²) in [7, 11) is -3.16. The maximum atomic E-state index is 11.8. The lowest BCUT2D eigenvalue weighted by Gasteiger charge is -2.21. The number of fused-ring (bicyclic) bond motifs is 1. The fraction of sp³-hybridized carbons (Fsp3) is 0.429. The van der Waals surface area contributed by atoms with Crippen LogP contribution in [0.25, 0.3) is 10.2 Å². The molecule has 0 bridgehead atoms. The van der Waals surface area contributed by atoms with Gasteiger partial charge in [-0.05, 0) is 41.9 Å². The summed E-state index contributed by atoms with van der Waals surface area (Å²) in [6, 6.07) is 9.49. The number of para-hydroxylation sites is 1. The standard InChI is InChI=1S/C21H25BrN4O4S2/c1-12(32(3,27)28)9-23-20-19-18(17(22)13(2)31-19)25-21(26-20)24-15-10-29-11-16(15)30-14-7-5-4-6-8-14/h4-8,12,15-16H,9-11H2,1-3H3,(H2,23,24,25,26)/t12?,15-,16+/m1/s1. The van der Waals surface area contributed by atoms with Crippen molar-refractivity contribution in [3.8, 4) is 5.75 Å². The lowest BCUT2D eigenvalue weighted by molar-refractivity contribution is 0.141. The fourth-order valence-electron chi connectivity index (χ4n) is 3.26. The molecule has 0 saturated carbocycles. The maximum Gasteiger partial charge on any atom is 0.225 e. The second kappa shape index (κ2) is 9.50. The van der Waals surface area contributed by atoms with Gasteiger partial charge in [0.25, 0.3) is 0 Å². The number of ether oxygens (including phenoxy) is 2. The van der Waals surface area contributed by atoms with Crippen molar-refractivity contribution in [1.82, 2.24) is 9.97 Å². The van der Waals surface area contributed by atoms with Crippen molar-refractivity contribution in [2.45, 2.75) is 31.2 Å². The number of halogens is 1. The largest absolute Gasteiger partial charge is 0.486 e. The lowest BCUT2D eigenvalue weighted by atomic mass is 10.2. The van der Waals surface area contributed by atoms with Crippen LogP contribution in [0.2, 0.25) is 0 Å². The number of rotatable bonds is 8. The van der Waals surface area contributed by atoms with Gasteiger partial charge in [-0.3, -0.25) is 0 Å². The van der Waals surface area contributed by atoms with Crippen molar-refractivity contribution in [3.05, 3.63) is 39.7 Å². The highest BCUT2D eigenvalue weighted by Gasteiger charge is 2.31. The van der Waals surface area contributed by atoms with Gasteiger partial charge in [-0.2, -0.15) is 4.98 Å². The van der Waals surface area contributed by atoms with Gasteiger partial charge in [0.2, 0.25) is 5.95 Å². The summed E-state index contributed by atoms with van der Waals surface area (Å²) in [6.45, 7) is 4.87. The molecule has 3 atom stereocenters. The van der Waals surface area contributed by atoms with Gasteiger partial charge in [0, 0.05) is 17.7 Å². The minimum Gasteiger partial charge on any atom is -0.486 e. The van der Waals surface area contributed by atoms with Crippen LogP contribution in [0.1, 0.15) is 11.8 Å². The molecule has 8 nitrogen and oxygen atoms in total. The van der Waals surface area contributed by atoms with E-state index in [-0.39, 0.29) is 18.7 Å². The molecule has 3 heterocycles. The van der Waals surface area contributed by atoms with Gasteiger partial charge in [-0.1, -0.05) is 18.2 Å². The maximum absolute atomic E-state index is 11.8. The molecular weight excluding hydrogens is 516 g/mol. The van der Waals surface area contributed by atoms with Crippen LogP contribution >= 0.6 is 27.3 Å². The number of sulfone groups is 1. The first kappa shape index (κ1) is 23.2. The molecule has 2 N–H and O–H groups in total. The third-order valence-corrected chi connectivity index (χ3v) is 9.26. The Morgan fingerprint density at radius 3 is 2.75 bits per heavy atom. The van der Waals surface area contributed by atoms with Crippen molar-refractivity contribution in [2.75, 3.05) is 36.6 Å². The first-order valence-electron chi connectivity index (χ1n) is 10.2. The highest BCUT2D eigenvalue weighted by atomic mass is 79.9. The van der Waals surface area contributed by atoms with Crippen LogP contribution in [0.15, 0.2) is 34.8 Å². The fourth-order valence-corrected chi connectivity index (χ4v) is 5.26. The van der Waals surface area contributed by atoms with Gasteiger partial charge in [0.05, 0.1) is 33.7 Å². The van der Waals surface area contributed by atoms with E-state index in [9.17, 15) is 8.42 Å². The molecule has 11 heteroatoms. The number of anilines is 2. The molecule has 2 aromatic heterocycles. The van der Waals surface area contributed by atoms with Crippen LogP contribution in [-0.2, 0) is 14.6 Å². The van der Waals surface area contributed by atoms with Gasteiger partial charge in [0.15, 0.2) is 9.84 Å². The Morgan fingerprint density at radius 2 is 2.03 bits per heavy atom. The molecule has 172 valence electrons. The van der Waals surface area contributed by atoms with E-state index in [1.165, 1.54) is 6.26 Å². The van der Waals surface area contributed by atoms with Crippen molar-refractivity contribution < 1.29 is 17.9 Å². The second-order valence-corrected chi connectivity index (χ2v) is 12.3. The topological polar surface area (TPSA) is 102 Å². The third-order valence-electron chi connectivity index (χ3n) is 5.30. The van der Waals surface area contributed by atoms with E-state index >= 15 is 0 Å². The monoisotopic (exact) mass is 540 g/mol. The van der Waals surface area contributed by atoms with E-state index in [1.807, 2.05) is 37.3 Å². The van der Waals surface area contributed by atoms with Crippen LogP contribution in [0.3, 0.4) is 0 Å². The predicted molar refractivity (Wildman–Crippen MR) is 132 cm³/mol. The number of hydrogen-bond acceptors (Lipinski definition) is 9. The summed E-state index contributed by atoms with van der Waals surface area (Å²) >= 11 is 5.18. The van der Waals surface area contributed by atoms with Crippen molar-refractivity contribution >= 4 is 59.1 Å². The van der Waals surface area contributed by atoms with Crippen molar-refractivity contribution in [1.29, 1.82) is 0 Å². The molecule has 1 fully saturated rings. The number of nitrogens with one attached hydrogen (secondary N) is 2. The molecule has 1 saturated heterocycles. The second-order valence-electron chi connectivity index (χ2n) is 7.82. The zero-order valence-corrected chi connectivity index (χ0v) is 21.2. The van der Waals surface area contributed by atoms with Crippen LogP contribution in [-0.4, -0.2) is 61.8 Å². The quantitative estimate of drug-likeness (QED) is 0.443. The summed E-state index contributed by atoms with van der Waals surface area (Å²) in [6.07, 6.45) is 1.05. The van der Waals surface area contributed by atoms with Gasteiger partial charge in [-0.25, -0.2) is 13.4 Å². The molecule has 0 radical (unpaired) electrons. The normalized spacial score (nSPS) is 19.8. The summed E-state index contributed by atoms with van der Waals surface area (Å²) in [5.41, 5.74) is 0.777. The minimum absolute atomic E-state index is 0.131. The Morgan fingerprint density at radius 1 is 1.28 bits per heavy atom. The van der Waals surface area contributed by atoms with Gasteiger partial charge >= 0.3 is 0 Å². The van der Waals surface area contributed by atoms with E-state index in [0.29, 0.717) is 25.0 Å². The molecule has 1 unspecified atom stereocenters. The number of hydrogen-bond donors (Lipinski definition) is 2. The van der Waals surface area contributed by atoms with Gasteiger partial charge in [0.1, 0.15) is 23.2 Å². The molecule has 0 spiro atoms. The van der Waals surface area contributed by atoms with Gasteiger partial charge < -0.3 is 20.1 Å². The molecule has 1 aromatic carbocycles. The van der Waals surface area contributed by atoms with E-state index in [4.69, 9.17) is 14.5 Å². The Kier molecular flexibility index (Phi) is 6.89. The van der Waals surface area contributed by atoms with Crippen molar-refractivity contribution in [2.24, 2.45) is 0 Å². The number of thiophene rings is 1. The molecular formula is C21H25BrN4O4S2. The Bertz CT molecular complexity index is 1200. The van der Waals surface area contributed by atoms with Crippen LogP contribution in [0.4, 0.5) is 11.8 Å². The van der Waals surface area contributed by atoms with E-state index in [1.54, 1.807) is 18.3 Å². The average molecular weight is 541 g/mol. The minimum atomic E-state index is -3.16. The lowest BCUT2D eigenvalue weighted by Crippen LogP contribution is -2.37. The zero-order chi connectivity index (χ0) is 22.9. The highest BCUT2D eigenvalue weighted by molar-refractivity contribution is 9.10. The predicted octanol–water partition coefficient (Wildman–Crippen LogP) is 3.87. The smallest absolute Gasteiger partial charge is 0.225 e. The summed E-state index contributed by atoms with van der Waals surface area (Å²) in [5, 5.41) is 6.02. The van der Waals surface area contributed by atoms with Gasteiger partial charge in [-0.15, -0.1) is 11.3 Å². The molecule has 0 aliphatic carbocycles. The Labute approximate surface area is 199 Å². The van der Waals surface area contributed by atoms with Crippen LogP contribution in [0, 0.1) is 6.92 Å². The molecule has 32 heavy (non-hydrogen) atoms. The number of aryl methyl sites for hydroxylation is 1. The number of benzene rings is 1. The van der Waals surface area contributed by atoms with E-state index in [2.05, 4.69) is 31.5 Å². The average Bonchev–Trinajstić information content (AvgIpc) is 3.30. The van der Waals surface area contributed by atoms with Crippen LogP contribution < -0.4 is 15.4 Å². The number of aromatic nitrogens is 2. The summed E-state index contributed by atoms with van der Waals surface area (Å²) in [4.78, 5) is 10.4. The zero-order valence-electron chi connectivity index (χ0n) is 18.0. The number of nitrogens with zero attached hydrogens (tertiary/aromatic N) is 2. The summed E-state index contributed by atoms with van der Waals surface area (Å²) in [5.74, 6) is 1.81. The molecule has 1 aliphatic rings. The first-order chi connectivity index (χ1) is 15.2. The van der Waals surface area contributed by atoms with Crippen LogP contribution in [0.5, 0.6) is 5.75 Å². The molecule has 0 amide bonds. The highest BCUT2D eigenvalue weighted by Crippen LogP contribution is 2.38. The van der Waals surface area contributed by atoms with E-state index in [0.717, 1.165) is 25.3 Å². The molecule has 4 rings (SSSR count). The van der Waals surface area contributed by atoms with Crippen molar-refractivity contribution in [3.63, 3.8) is 0 Å². The Hall–Kier alpha value is -1.95. The molecule has 3 aromatic rings.